The van der Waals surface area contributed by atoms with Crippen LogP contribution in [0.2, 0.25) is 5.02 Å². The van der Waals surface area contributed by atoms with Gasteiger partial charge in [0, 0.05) is 37.3 Å². The summed E-state index contributed by atoms with van der Waals surface area (Å²) in [5, 5.41) is 6.21. The van der Waals surface area contributed by atoms with Crippen molar-refractivity contribution in [2.45, 2.75) is 19.9 Å². The highest BCUT2D eigenvalue weighted by Gasteiger charge is 2.22. The number of hydrogen-bond acceptors (Lipinski definition) is 4. The molecule has 1 heterocycles. The first kappa shape index (κ1) is 24.5. The van der Waals surface area contributed by atoms with Crippen LogP contribution >= 0.6 is 11.6 Å². The molecule has 33 heavy (non-hydrogen) atoms. The highest BCUT2D eigenvalue weighted by molar-refractivity contribution is 7.87. The Morgan fingerprint density at radius 1 is 1.06 bits per heavy atom. The lowest BCUT2D eigenvalue weighted by molar-refractivity contribution is -0.118. The number of carbonyl (C=O) groups excluding carboxylic acids is 2. The minimum absolute atomic E-state index is 0.0428. The number of rotatable bonds is 7. The summed E-state index contributed by atoms with van der Waals surface area (Å²) in [7, 11) is -0.943. The van der Waals surface area contributed by atoms with Crippen LogP contribution < -0.4 is 10.6 Å². The first-order chi connectivity index (χ1) is 15.5. The summed E-state index contributed by atoms with van der Waals surface area (Å²) < 4.78 is 27.9. The van der Waals surface area contributed by atoms with Gasteiger partial charge in [-0.25, -0.2) is 3.97 Å². The van der Waals surface area contributed by atoms with Crippen LogP contribution in [0.5, 0.6) is 0 Å². The Labute approximate surface area is 198 Å². The van der Waals surface area contributed by atoms with Crippen LogP contribution in [-0.4, -0.2) is 48.6 Å². The van der Waals surface area contributed by atoms with E-state index in [0.717, 1.165) is 8.28 Å². The number of hydrogen-bond donors (Lipinski definition) is 2. The topological polar surface area (TPSA) is 101 Å². The average molecular weight is 489 g/mol. The summed E-state index contributed by atoms with van der Waals surface area (Å²) in [5.74, 6) is -1.08. The van der Waals surface area contributed by atoms with Crippen LogP contribution in [0.4, 0.5) is 0 Å². The Bertz CT molecular complexity index is 1340. The minimum atomic E-state index is -3.81. The molecule has 0 spiro atoms. The molecule has 0 aliphatic heterocycles. The molecule has 0 aliphatic carbocycles. The molecule has 0 aliphatic rings. The maximum Gasteiger partial charge on any atom is 0.307 e. The molecule has 3 rings (SSSR count). The normalized spacial score (nSPS) is 12.4. The molecule has 0 radical (unpaired) electrons. The predicted molar refractivity (Wildman–Crippen MR) is 130 cm³/mol. The van der Waals surface area contributed by atoms with E-state index in [1.807, 2.05) is 0 Å². The molecule has 0 fully saturated rings. The number of nitrogens with zero attached hydrogens (tertiary/aromatic N) is 2. The number of aromatic nitrogens is 1. The van der Waals surface area contributed by atoms with Gasteiger partial charge in [-0.15, -0.1) is 0 Å². The van der Waals surface area contributed by atoms with Crippen molar-refractivity contribution in [3.63, 3.8) is 0 Å². The summed E-state index contributed by atoms with van der Waals surface area (Å²) in [4.78, 5) is 25.7. The molecule has 2 aromatic carbocycles. The molecule has 0 bridgehead atoms. The van der Waals surface area contributed by atoms with Gasteiger partial charge in [-0.1, -0.05) is 41.9 Å². The fraction of sp³-hybridized carbons (Fsp3) is 0.217. The number of benzene rings is 2. The maximum atomic E-state index is 12.9. The molecule has 0 saturated heterocycles. The molecular weight excluding hydrogens is 464 g/mol. The second kappa shape index (κ2) is 9.78. The fourth-order valence-electron chi connectivity index (χ4n) is 3.15. The van der Waals surface area contributed by atoms with Crippen molar-refractivity contribution in [3.8, 4) is 0 Å². The monoisotopic (exact) mass is 488 g/mol. The largest absolute Gasteiger partial charge is 0.349 e. The summed E-state index contributed by atoms with van der Waals surface area (Å²) in [6, 6.07) is 13.2. The lowest BCUT2D eigenvalue weighted by Crippen LogP contribution is -2.38. The number of nitrogens with one attached hydrogen (secondary N) is 2. The second-order valence-electron chi connectivity index (χ2n) is 7.81. The Hall–Kier alpha value is -3.14. The van der Waals surface area contributed by atoms with Crippen molar-refractivity contribution in [1.29, 1.82) is 0 Å². The summed E-state index contributed by atoms with van der Waals surface area (Å²) in [6.07, 6.45) is 2.88. The van der Waals surface area contributed by atoms with Crippen molar-refractivity contribution in [2.24, 2.45) is 0 Å². The Morgan fingerprint density at radius 2 is 1.70 bits per heavy atom. The van der Waals surface area contributed by atoms with Crippen molar-refractivity contribution < 1.29 is 18.0 Å². The van der Waals surface area contributed by atoms with E-state index >= 15 is 0 Å². The lowest BCUT2D eigenvalue weighted by atomic mass is 10.1. The van der Waals surface area contributed by atoms with Gasteiger partial charge in [0.1, 0.15) is 5.70 Å². The third-order valence-corrected chi connectivity index (χ3v) is 6.80. The van der Waals surface area contributed by atoms with Crippen LogP contribution in [0.25, 0.3) is 17.0 Å². The van der Waals surface area contributed by atoms with Gasteiger partial charge in [0.25, 0.3) is 11.8 Å². The van der Waals surface area contributed by atoms with Crippen LogP contribution in [0.1, 0.15) is 29.8 Å². The van der Waals surface area contributed by atoms with E-state index in [0.29, 0.717) is 16.5 Å². The molecule has 1 aromatic heterocycles. The number of carbonyl (C=O) groups is 2. The highest BCUT2D eigenvalue weighted by atomic mass is 35.5. The molecule has 3 aromatic rings. The maximum absolute atomic E-state index is 12.9. The molecule has 2 N–H and O–H groups in total. The SMILES string of the molecule is CC(C)NC(=O)/C(=C/c1cn(S(=O)(=O)N(C)C)c2ccccc12)NC(=O)c1ccccc1Cl. The molecule has 0 unspecified atom stereocenters. The first-order valence-electron chi connectivity index (χ1n) is 10.1. The molecule has 8 nitrogen and oxygen atoms in total. The zero-order valence-corrected chi connectivity index (χ0v) is 20.2. The third kappa shape index (κ3) is 5.27. The molecule has 10 heteroatoms. The highest BCUT2D eigenvalue weighted by Crippen LogP contribution is 2.26. The molecule has 2 amide bonds. The minimum Gasteiger partial charge on any atom is -0.349 e. The van der Waals surface area contributed by atoms with E-state index in [9.17, 15) is 18.0 Å². The van der Waals surface area contributed by atoms with Crippen LogP contribution in [0.3, 0.4) is 0 Å². The Kier molecular flexibility index (Phi) is 7.26. The number of amides is 2. The van der Waals surface area contributed by atoms with Crippen LogP contribution in [0.15, 0.2) is 60.4 Å². The van der Waals surface area contributed by atoms with Crippen molar-refractivity contribution in [1.82, 2.24) is 18.9 Å². The van der Waals surface area contributed by atoms with Crippen molar-refractivity contribution >= 4 is 50.6 Å². The second-order valence-corrected chi connectivity index (χ2v) is 10.2. The lowest BCUT2D eigenvalue weighted by Gasteiger charge is -2.13. The Balaban J connectivity index is 2.14. The van der Waals surface area contributed by atoms with Crippen molar-refractivity contribution in [3.05, 3.63) is 76.6 Å². The Morgan fingerprint density at radius 3 is 2.33 bits per heavy atom. The van der Waals surface area contributed by atoms with Gasteiger partial charge >= 0.3 is 10.2 Å². The first-order valence-corrected chi connectivity index (χ1v) is 11.9. The molecular formula is C23H25ClN4O4S. The summed E-state index contributed by atoms with van der Waals surface area (Å²) in [5.41, 5.74) is 1.06. The fourth-order valence-corrected chi connectivity index (χ4v) is 4.37. The summed E-state index contributed by atoms with van der Waals surface area (Å²) in [6.45, 7) is 3.59. The molecule has 0 saturated carbocycles. The van der Waals surface area contributed by atoms with Gasteiger partial charge < -0.3 is 10.6 Å². The molecule has 0 atom stereocenters. The van der Waals surface area contributed by atoms with E-state index < -0.39 is 22.0 Å². The van der Waals surface area contributed by atoms with E-state index in [1.165, 1.54) is 26.4 Å². The van der Waals surface area contributed by atoms with E-state index in [2.05, 4.69) is 10.6 Å². The summed E-state index contributed by atoms with van der Waals surface area (Å²) >= 11 is 6.13. The van der Waals surface area contributed by atoms with Gasteiger partial charge in [-0.3, -0.25) is 9.59 Å². The van der Waals surface area contributed by atoms with Gasteiger partial charge in [0.2, 0.25) is 0 Å². The predicted octanol–water partition coefficient (Wildman–Crippen LogP) is 3.24. The van der Waals surface area contributed by atoms with E-state index in [-0.39, 0.29) is 22.3 Å². The third-order valence-electron chi connectivity index (χ3n) is 4.75. The zero-order valence-electron chi connectivity index (χ0n) is 18.7. The quantitative estimate of drug-likeness (QED) is 0.498. The number of para-hydroxylation sites is 1. The number of fused-ring (bicyclic) bond motifs is 1. The van der Waals surface area contributed by atoms with E-state index in [1.54, 1.807) is 62.4 Å². The zero-order chi connectivity index (χ0) is 24.3. The van der Waals surface area contributed by atoms with Crippen LogP contribution in [0, 0.1) is 0 Å². The van der Waals surface area contributed by atoms with Crippen molar-refractivity contribution in [2.75, 3.05) is 14.1 Å². The average Bonchev–Trinajstić information content (AvgIpc) is 3.12. The standard InChI is InChI=1S/C23H25ClN4O4S/c1-15(2)25-23(30)20(26-22(29)18-10-5-7-11-19(18)24)13-16-14-28(33(31,32)27(3)4)21-12-8-6-9-17(16)21/h5-15H,1-4H3,(H,25,30)(H,26,29)/b20-13-. The molecule has 174 valence electrons. The van der Waals surface area contributed by atoms with Gasteiger partial charge in [-0.2, -0.15) is 12.7 Å². The van der Waals surface area contributed by atoms with Gasteiger partial charge in [0.15, 0.2) is 0 Å². The van der Waals surface area contributed by atoms with Crippen LogP contribution in [-0.2, 0) is 15.0 Å². The van der Waals surface area contributed by atoms with E-state index in [4.69, 9.17) is 11.6 Å². The van der Waals surface area contributed by atoms with Gasteiger partial charge in [0.05, 0.1) is 16.1 Å². The smallest absolute Gasteiger partial charge is 0.307 e. The number of halogens is 1. The van der Waals surface area contributed by atoms with Gasteiger partial charge in [-0.05, 0) is 38.1 Å².